The summed E-state index contributed by atoms with van der Waals surface area (Å²) in [7, 11) is 1.60. The van der Waals surface area contributed by atoms with Gasteiger partial charge in [0.05, 0.1) is 29.5 Å². The van der Waals surface area contributed by atoms with E-state index in [0.717, 1.165) is 22.0 Å². The molecule has 30 heavy (non-hydrogen) atoms. The molecule has 0 atom stereocenters. The number of amides is 1. The van der Waals surface area contributed by atoms with E-state index in [-0.39, 0.29) is 11.3 Å². The maximum atomic E-state index is 12.2. The molecule has 1 aromatic carbocycles. The fourth-order valence-electron chi connectivity index (χ4n) is 2.65. The van der Waals surface area contributed by atoms with Gasteiger partial charge in [0, 0.05) is 18.1 Å². The number of anilines is 1. The van der Waals surface area contributed by atoms with E-state index in [1.165, 1.54) is 17.4 Å². The van der Waals surface area contributed by atoms with E-state index in [4.69, 9.17) is 9.15 Å². The van der Waals surface area contributed by atoms with Crippen molar-refractivity contribution in [2.75, 3.05) is 12.4 Å². The van der Waals surface area contributed by atoms with Crippen molar-refractivity contribution in [2.45, 2.75) is 37.2 Å². The van der Waals surface area contributed by atoms with E-state index in [2.05, 4.69) is 36.1 Å². The van der Waals surface area contributed by atoms with Crippen LogP contribution in [0.5, 0.6) is 5.75 Å². The lowest BCUT2D eigenvalue weighted by molar-refractivity contribution is -0.111. The molecule has 0 aliphatic carbocycles. The summed E-state index contributed by atoms with van der Waals surface area (Å²) in [5.41, 5.74) is 0.997. The maximum Gasteiger partial charge on any atom is 0.250 e. The Hall–Kier alpha value is -2.58. The van der Waals surface area contributed by atoms with E-state index >= 15 is 0 Å². The molecule has 0 spiro atoms. The molecule has 0 saturated carbocycles. The van der Waals surface area contributed by atoms with Crippen molar-refractivity contribution in [1.82, 2.24) is 9.97 Å². The van der Waals surface area contributed by atoms with E-state index in [0.29, 0.717) is 22.5 Å². The highest BCUT2D eigenvalue weighted by molar-refractivity contribution is 8.00. The van der Waals surface area contributed by atoms with Crippen LogP contribution in [0, 0.1) is 5.41 Å². The summed E-state index contributed by atoms with van der Waals surface area (Å²) in [6.07, 6.45) is 7.58. The molecule has 0 unspecified atom stereocenters. The first kappa shape index (κ1) is 22.1. The molecule has 0 radical (unpaired) electrons. The van der Waals surface area contributed by atoms with E-state index in [1.807, 2.05) is 24.3 Å². The average Bonchev–Trinajstić information content (AvgIpc) is 3.32. The molecule has 8 heteroatoms. The molecule has 6 nitrogen and oxygen atoms in total. The van der Waals surface area contributed by atoms with Crippen LogP contribution in [0.1, 0.15) is 38.0 Å². The largest absolute Gasteiger partial charge is 0.496 e. The van der Waals surface area contributed by atoms with Gasteiger partial charge in [-0.2, -0.15) is 0 Å². The van der Waals surface area contributed by atoms with Crippen LogP contribution < -0.4 is 10.1 Å². The Labute approximate surface area is 184 Å². The van der Waals surface area contributed by atoms with Gasteiger partial charge < -0.3 is 9.15 Å². The predicted molar refractivity (Wildman–Crippen MR) is 122 cm³/mol. The molecule has 1 amide bonds. The van der Waals surface area contributed by atoms with E-state index in [9.17, 15) is 4.79 Å². The molecular formula is C22H25N3O3S2. The van der Waals surface area contributed by atoms with E-state index < -0.39 is 0 Å². The first-order chi connectivity index (χ1) is 14.3. The number of ether oxygens (including phenoxy) is 1. The van der Waals surface area contributed by atoms with Gasteiger partial charge in [0.25, 0.3) is 0 Å². The molecule has 0 saturated heterocycles. The zero-order valence-electron chi connectivity index (χ0n) is 17.5. The number of carbonyl (C=O) groups excluding carboxylic acids is 1. The fraction of sp³-hybridized carbons (Fsp3) is 0.318. The number of nitrogens with one attached hydrogen (secondary N) is 1. The van der Waals surface area contributed by atoms with Crippen LogP contribution in [0.4, 0.5) is 5.13 Å². The van der Waals surface area contributed by atoms with Gasteiger partial charge in [-0.1, -0.05) is 50.3 Å². The average molecular weight is 444 g/mol. The van der Waals surface area contributed by atoms with Crippen molar-refractivity contribution in [3.63, 3.8) is 0 Å². The van der Waals surface area contributed by atoms with Crippen molar-refractivity contribution < 1.29 is 13.9 Å². The van der Waals surface area contributed by atoms with Gasteiger partial charge in [-0.25, -0.2) is 9.97 Å². The Morgan fingerprint density at radius 1 is 1.27 bits per heavy atom. The van der Waals surface area contributed by atoms with Crippen molar-refractivity contribution in [2.24, 2.45) is 5.41 Å². The quantitative estimate of drug-likeness (QED) is 0.357. The van der Waals surface area contributed by atoms with Gasteiger partial charge in [0.2, 0.25) is 11.8 Å². The number of hydrogen-bond donors (Lipinski definition) is 1. The molecular weight excluding hydrogens is 418 g/mol. The minimum Gasteiger partial charge on any atom is -0.496 e. The number of nitrogens with zero attached hydrogens (tertiary/aromatic N) is 2. The van der Waals surface area contributed by atoms with Crippen molar-refractivity contribution in [1.29, 1.82) is 0 Å². The monoisotopic (exact) mass is 443 g/mol. The van der Waals surface area contributed by atoms with Crippen LogP contribution in [0.3, 0.4) is 0 Å². The zero-order valence-corrected chi connectivity index (χ0v) is 19.1. The first-order valence-corrected chi connectivity index (χ1v) is 11.3. The summed E-state index contributed by atoms with van der Waals surface area (Å²) in [5, 5.41) is 3.34. The molecule has 0 fully saturated rings. The van der Waals surface area contributed by atoms with Gasteiger partial charge in [0.15, 0.2) is 5.13 Å². The number of carbonyl (C=O) groups is 1. The van der Waals surface area contributed by atoms with Crippen LogP contribution in [0.15, 0.2) is 51.4 Å². The predicted octanol–water partition coefficient (Wildman–Crippen LogP) is 5.67. The molecule has 158 valence electrons. The van der Waals surface area contributed by atoms with Crippen molar-refractivity contribution >= 4 is 40.2 Å². The number of thioether (sulfide) groups is 1. The SMILES string of the molecule is COc1ccccc1C=CC(=O)Nc1ncc(SCc2ncc(CC(C)(C)C)o2)s1. The minimum absolute atomic E-state index is 0.162. The Kier molecular flexibility index (Phi) is 7.33. The van der Waals surface area contributed by atoms with Gasteiger partial charge >= 0.3 is 0 Å². The summed E-state index contributed by atoms with van der Waals surface area (Å²) >= 11 is 3.00. The second-order valence-electron chi connectivity index (χ2n) is 7.80. The second kappa shape index (κ2) is 9.95. The summed E-state index contributed by atoms with van der Waals surface area (Å²) in [5.74, 6) is 2.68. The fourth-order valence-corrected chi connectivity index (χ4v) is 4.38. The number of benzene rings is 1. The third-order valence-electron chi connectivity index (χ3n) is 3.91. The highest BCUT2D eigenvalue weighted by Gasteiger charge is 2.15. The Bertz CT molecular complexity index is 1020. The van der Waals surface area contributed by atoms with Crippen LogP contribution in [-0.2, 0) is 17.0 Å². The van der Waals surface area contributed by atoms with Crippen molar-refractivity contribution in [3.05, 3.63) is 59.9 Å². The lowest BCUT2D eigenvalue weighted by Crippen LogP contribution is -2.08. The number of thiazole rings is 1. The first-order valence-electron chi connectivity index (χ1n) is 9.47. The van der Waals surface area contributed by atoms with Gasteiger partial charge in [-0.15, -0.1) is 11.8 Å². The molecule has 3 rings (SSSR count). The normalized spacial score (nSPS) is 11.7. The lowest BCUT2D eigenvalue weighted by Gasteiger charge is -2.15. The molecule has 1 N–H and O–H groups in total. The van der Waals surface area contributed by atoms with Crippen molar-refractivity contribution in [3.8, 4) is 5.75 Å². The Balaban J connectivity index is 1.51. The van der Waals surface area contributed by atoms with Crippen LogP contribution in [0.25, 0.3) is 6.08 Å². The molecule has 0 aliphatic heterocycles. The highest BCUT2D eigenvalue weighted by atomic mass is 32.2. The van der Waals surface area contributed by atoms with Gasteiger partial charge in [-0.3, -0.25) is 10.1 Å². The smallest absolute Gasteiger partial charge is 0.250 e. The lowest BCUT2D eigenvalue weighted by atomic mass is 9.91. The number of methoxy groups -OCH3 is 1. The topological polar surface area (TPSA) is 77.2 Å². The number of rotatable bonds is 8. The summed E-state index contributed by atoms with van der Waals surface area (Å²) in [6.45, 7) is 6.51. The third kappa shape index (κ3) is 6.74. The highest BCUT2D eigenvalue weighted by Crippen LogP contribution is 2.31. The van der Waals surface area contributed by atoms with Crippen LogP contribution in [0.2, 0.25) is 0 Å². The van der Waals surface area contributed by atoms with Crippen LogP contribution in [-0.4, -0.2) is 23.0 Å². The molecule has 2 aromatic heterocycles. The molecule has 0 aliphatic rings. The Morgan fingerprint density at radius 3 is 2.83 bits per heavy atom. The number of para-hydroxylation sites is 1. The van der Waals surface area contributed by atoms with Crippen LogP contribution >= 0.6 is 23.1 Å². The number of oxazole rings is 1. The number of aromatic nitrogens is 2. The number of hydrogen-bond acceptors (Lipinski definition) is 7. The third-order valence-corrected chi connectivity index (χ3v) is 6.00. The van der Waals surface area contributed by atoms with Gasteiger partial charge in [0.1, 0.15) is 11.5 Å². The molecule has 3 aromatic rings. The van der Waals surface area contributed by atoms with Gasteiger partial charge in [-0.05, 0) is 17.6 Å². The maximum absolute atomic E-state index is 12.2. The standard InChI is InChI=1S/C22H25N3O3S2/c1-22(2,3)11-16-12-23-19(28-16)14-29-20-13-24-21(30-20)25-18(26)10-9-15-7-5-6-8-17(15)27-4/h5-10,12-13H,11,14H2,1-4H3,(H,24,25,26). The zero-order chi connectivity index (χ0) is 21.6. The summed E-state index contributed by atoms with van der Waals surface area (Å²) in [6, 6.07) is 7.51. The summed E-state index contributed by atoms with van der Waals surface area (Å²) in [4.78, 5) is 20.8. The van der Waals surface area contributed by atoms with E-state index in [1.54, 1.807) is 37.3 Å². The Morgan fingerprint density at radius 2 is 2.07 bits per heavy atom. The molecule has 0 bridgehead atoms. The second-order valence-corrected chi connectivity index (χ2v) is 10.1. The minimum atomic E-state index is -0.244. The summed E-state index contributed by atoms with van der Waals surface area (Å²) < 4.78 is 12.1. The molecule has 2 heterocycles.